The maximum atomic E-state index is 11.1. The van der Waals surface area contributed by atoms with Crippen molar-refractivity contribution in [2.75, 3.05) is 0 Å². The van der Waals surface area contributed by atoms with E-state index in [1.165, 1.54) is 0 Å². The average Bonchev–Trinajstić information content (AvgIpc) is 2.46. The molecule has 0 aromatic heterocycles. The molecule has 0 saturated carbocycles. The fourth-order valence-electron chi connectivity index (χ4n) is 1.05. The van der Waals surface area contributed by atoms with Gasteiger partial charge in [-0.05, 0) is 0 Å². The van der Waals surface area contributed by atoms with E-state index in [9.17, 15) is 14.4 Å². The third kappa shape index (κ3) is 2.42. The summed E-state index contributed by atoms with van der Waals surface area (Å²) in [6, 6.07) is 0. The molecule has 0 spiro atoms. The topological polar surface area (TPSA) is 63.7 Å². The summed E-state index contributed by atoms with van der Waals surface area (Å²) in [6.45, 7) is 3.50. The Labute approximate surface area is 81.3 Å². The summed E-state index contributed by atoms with van der Waals surface area (Å²) in [6.07, 6.45) is 1.68. The Balaban J connectivity index is 2.42. The number of hydrogen-bond donors (Lipinski definition) is 0. The standard InChI is InChI=1S/C9H11NO4/c1-7(3-2-6-11)14-10-8(12)4-5-9(10)13/h6H,1-5H2. The van der Waals surface area contributed by atoms with Gasteiger partial charge < -0.3 is 9.63 Å². The van der Waals surface area contributed by atoms with Gasteiger partial charge in [0.1, 0.15) is 12.0 Å². The van der Waals surface area contributed by atoms with Crippen molar-refractivity contribution < 1.29 is 19.2 Å². The minimum Gasteiger partial charge on any atom is -0.374 e. The summed E-state index contributed by atoms with van der Waals surface area (Å²) < 4.78 is 0. The van der Waals surface area contributed by atoms with E-state index in [0.717, 1.165) is 6.29 Å². The highest BCUT2D eigenvalue weighted by atomic mass is 16.7. The Morgan fingerprint density at radius 2 is 2.00 bits per heavy atom. The van der Waals surface area contributed by atoms with Crippen molar-refractivity contribution in [1.82, 2.24) is 5.06 Å². The minimum atomic E-state index is -0.359. The lowest BCUT2D eigenvalue weighted by atomic mass is 10.3. The molecule has 1 aliphatic heterocycles. The van der Waals surface area contributed by atoms with E-state index >= 15 is 0 Å². The molecule has 0 bridgehead atoms. The second-order valence-electron chi connectivity index (χ2n) is 2.92. The van der Waals surface area contributed by atoms with E-state index < -0.39 is 0 Å². The number of nitrogens with zero attached hydrogens (tertiary/aromatic N) is 1. The SMILES string of the molecule is C=C(CCC=O)ON1C(=O)CCC1=O. The fourth-order valence-corrected chi connectivity index (χ4v) is 1.05. The third-order valence-electron chi connectivity index (χ3n) is 1.77. The van der Waals surface area contributed by atoms with E-state index in [0.29, 0.717) is 11.5 Å². The predicted octanol–water partition coefficient (Wildman–Crippen LogP) is 0.560. The van der Waals surface area contributed by atoms with Crippen molar-refractivity contribution in [2.24, 2.45) is 0 Å². The van der Waals surface area contributed by atoms with Crippen LogP contribution in [-0.2, 0) is 19.2 Å². The molecule has 14 heavy (non-hydrogen) atoms. The van der Waals surface area contributed by atoms with Gasteiger partial charge in [-0.1, -0.05) is 6.58 Å². The van der Waals surface area contributed by atoms with Crippen LogP contribution in [0, 0.1) is 0 Å². The van der Waals surface area contributed by atoms with Crippen molar-refractivity contribution in [3.8, 4) is 0 Å². The van der Waals surface area contributed by atoms with Crippen molar-refractivity contribution in [3.63, 3.8) is 0 Å². The first kappa shape index (κ1) is 10.4. The summed E-state index contributed by atoms with van der Waals surface area (Å²) in [5.41, 5.74) is 0. The second kappa shape index (κ2) is 4.55. The third-order valence-corrected chi connectivity index (χ3v) is 1.77. The molecule has 1 saturated heterocycles. The number of hydroxylamine groups is 2. The van der Waals surface area contributed by atoms with E-state index in [1.54, 1.807) is 0 Å². The number of rotatable bonds is 5. The molecule has 5 heteroatoms. The smallest absolute Gasteiger partial charge is 0.263 e. The Bertz CT molecular complexity index is 269. The Kier molecular flexibility index (Phi) is 3.39. The minimum absolute atomic E-state index is 0.180. The molecule has 0 aromatic rings. The summed E-state index contributed by atoms with van der Waals surface area (Å²) in [5.74, 6) is -0.467. The van der Waals surface area contributed by atoms with Crippen molar-refractivity contribution in [1.29, 1.82) is 0 Å². The van der Waals surface area contributed by atoms with Gasteiger partial charge in [-0.25, -0.2) is 0 Å². The molecule has 0 aliphatic carbocycles. The lowest BCUT2D eigenvalue weighted by Gasteiger charge is -2.15. The van der Waals surface area contributed by atoms with Gasteiger partial charge in [0, 0.05) is 25.7 Å². The van der Waals surface area contributed by atoms with Crippen LogP contribution in [0.2, 0.25) is 0 Å². The molecular formula is C9H11NO4. The van der Waals surface area contributed by atoms with Crippen LogP contribution in [-0.4, -0.2) is 23.2 Å². The van der Waals surface area contributed by atoms with Crippen molar-refractivity contribution in [2.45, 2.75) is 25.7 Å². The zero-order chi connectivity index (χ0) is 10.6. The summed E-state index contributed by atoms with van der Waals surface area (Å²) >= 11 is 0. The van der Waals surface area contributed by atoms with Crippen LogP contribution < -0.4 is 0 Å². The van der Waals surface area contributed by atoms with Crippen LogP contribution in [0.5, 0.6) is 0 Å². The highest BCUT2D eigenvalue weighted by Gasteiger charge is 2.31. The number of hydrogen-bond acceptors (Lipinski definition) is 4. The largest absolute Gasteiger partial charge is 0.374 e. The zero-order valence-electron chi connectivity index (χ0n) is 7.69. The average molecular weight is 197 g/mol. The fraction of sp³-hybridized carbons (Fsp3) is 0.444. The number of allylic oxidation sites excluding steroid dienone is 1. The molecule has 0 N–H and O–H groups in total. The molecule has 0 aromatic carbocycles. The highest BCUT2D eigenvalue weighted by molar-refractivity contribution is 6.00. The lowest BCUT2D eigenvalue weighted by molar-refractivity contribution is -0.177. The van der Waals surface area contributed by atoms with Crippen molar-refractivity contribution >= 4 is 18.1 Å². The summed E-state index contributed by atoms with van der Waals surface area (Å²) in [5, 5.41) is 0.715. The van der Waals surface area contributed by atoms with Crippen LogP contribution in [0.4, 0.5) is 0 Å². The van der Waals surface area contributed by atoms with Crippen LogP contribution in [0.1, 0.15) is 25.7 Å². The summed E-state index contributed by atoms with van der Waals surface area (Å²) in [7, 11) is 0. The van der Waals surface area contributed by atoms with Gasteiger partial charge in [0.15, 0.2) is 0 Å². The molecule has 76 valence electrons. The molecule has 2 amide bonds. The molecule has 0 radical (unpaired) electrons. The molecule has 0 atom stereocenters. The van der Waals surface area contributed by atoms with E-state index in [-0.39, 0.29) is 36.8 Å². The second-order valence-corrected chi connectivity index (χ2v) is 2.92. The molecule has 5 nitrogen and oxygen atoms in total. The quantitative estimate of drug-likeness (QED) is 0.367. The monoisotopic (exact) mass is 197 g/mol. The first-order valence-electron chi connectivity index (χ1n) is 4.30. The summed E-state index contributed by atoms with van der Waals surface area (Å²) in [4.78, 5) is 37.1. The number of carbonyl (C=O) groups excluding carboxylic acids is 3. The number of carbonyl (C=O) groups is 3. The Morgan fingerprint density at radius 3 is 2.50 bits per heavy atom. The molecular weight excluding hydrogens is 186 g/mol. The van der Waals surface area contributed by atoms with Gasteiger partial charge in [0.05, 0.1) is 0 Å². The normalized spacial score (nSPS) is 15.9. The predicted molar refractivity (Wildman–Crippen MR) is 46.6 cm³/mol. The first-order chi connectivity index (χ1) is 6.65. The zero-order valence-corrected chi connectivity index (χ0v) is 7.69. The van der Waals surface area contributed by atoms with Crippen LogP contribution >= 0.6 is 0 Å². The van der Waals surface area contributed by atoms with Crippen molar-refractivity contribution in [3.05, 3.63) is 12.3 Å². The van der Waals surface area contributed by atoms with Crippen LogP contribution in [0.15, 0.2) is 12.3 Å². The lowest BCUT2D eigenvalue weighted by Crippen LogP contribution is -2.28. The highest BCUT2D eigenvalue weighted by Crippen LogP contribution is 2.16. The van der Waals surface area contributed by atoms with Gasteiger partial charge in [-0.3, -0.25) is 9.59 Å². The van der Waals surface area contributed by atoms with Crippen LogP contribution in [0.25, 0.3) is 0 Å². The molecule has 1 heterocycles. The molecule has 0 unspecified atom stereocenters. The molecule has 1 rings (SSSR count). The van der Waals surface area contributed by atoms with Crippen LogP contribution in [0.3, 0.4) is 0 Å². The molecule has 1 fully saturated rings. The maximum absolute atomic E-state index is 11.1. The van der Waals surface area contributed by atoms with Gasteiger partial charge in [0.25, 0.3) is 11.8 Å². The van der Waals surface area contributed by atoms with Gasteiger partial charge >= 0.3 is 0 Å². The van der Waals surface area contributed by atoms with Gasteiger partial charge in [-0.15, -0.1) is 5.06 Å². The van der Waals surface area contributed by atoms with E-state index in [4.69, 9.17) is 4.84 Å². The number of aldehydes is 1. The van der Waals surface area contributed by atoms with E-state index in [2.05, 4.69) is 6.58 Å². The molecule has 1 aliphatic rings. The Hall–Kier alpha value is -1.65. The Morgan fingerprint density at radius 1 is 1.43 bits per heavy atom. The van der Waals surface area contributed by atoms with Gasteiger partial charge in [-0.2, -0.15) is 0 Å². The van der Waals surface area contributed by atoms with E-state index in [1.807, 2.05) is 0 Å². The maximum Gasteiger partial charge on any atom is 0.263 e. The van der Waals surface area contributed by atoms with Gasteiger partial charge in [0.2, 0.25) is 0 Å². The number of imide groups is 1. The number of amides is 2. The first-order valence-corrected chi connectivity index (χ1v) is 4.30.